The first kappa shape index (κ1) is 13.2. The smallest absolute Gasteiger partial charge is 0.304 e. The van der Waals surface area contributed by atoms with Gasteiger partial charge in [-0.2, -0.15) is 0 Å². The van der Waals surface area contributed by atoms with Gasteiger partial charge in [0.1, 0.15) is 5.25 Å². The number of carboxylic acid groups (broad SMARTS) is 1. The molecule has 0 radical (unpaired) electrons. The van der Waals surface area contributed by atoms with E-state index in [0.717, 1.165) is 12.8 Å². The predicted molar refractivity (Wildman–Crippen MR) is 60.5 cm³/mol. The van der Waals surface area contributed by atoms with Crippen LogP contribution in [0, 0.1) is 0 Å². The highest BCUT2D eigenvalue weighted by Crippen LogP contribution is 2.19. The van der Waals surface area contributed by atoms with E-state index in [-0.39, 0.29) is 18.4 Å². The number of hydrogen-bond donors (Lipinski definition) is 2. The van der Waals surface area contributed by atoms with Gasteiger partial charge in [0.2, 0.25) is 5.91 Å². The van der Waals surface area contributed by atoms with Crippen molar-refractivity contribution >= 4 is 22.7 Å². The van der Waals surface area contributed by atoms with Gasteiger partial charge in [-0.15, -0.1) is 0 Å². The van der Waals surface area contributed by atoms with Crippen molar-refractivity contribution in [3.63, 3.8) is 0 Å². The van der Waals surface area contributed by atoms with Crippen molar-refractivity contribution in [3.05, 3.63) is 0 Å². The van der Waals surface area contributed by atoms with Gasteiger partial charge in [0.05, 0.1) is 6.42 Å². The second-order valence-corrected chi connectivity index (χ2v) is 6.33. The number of hydrogen-bond acceptors (Lipinski definition) is 3. The van der Waals surface area contributed by atoms with E-state index < -0.39 is 27.3 Å². The van der Waals surface area contributed by atoms with E-state index in [2.05, 4.69) is 5.32 Å². The molecule has 1 saturated carbocycles. The fourth-order valence-electron chi connectivity index (χ4n) is 1.33. The van der Waals surface area contributed by atoms with Crippen LogP contribution in [0.1, 0.15) is 33.1 Å². The number of rotatable bonds is 6. The summed E-state index contributed by atoms with van der Waals surface area (Å²) in [6, 6.07) is 0.238. The summed E-state index contributed by atoms with van der Waals surface area (Å²) in [5, 5.41) is 10.2. The average Bonchev–Trinajstić information content (AvgIpc) is 2.98. The van der Waals surface area contributed by atoms with Crippen molar-refractivity contribution < 1.29 is 18.9 Å². The Morgan fingerprint density at radius 1 is 1.44 bits per heavy atom. The highest BCUT2D eigenvalue weighted by Gasteiger charge is 2.30. The molecule has 0 aromatic rings. The Hall–Kier alpha value is -0.910. The number of carbonyl (C=O) groups is 2. The van der Waals surface area contributed by atoms with E-state index >= 15 is 0 Å². The molecule has 0 saturated heterocycles. The van der Waals surface area contributed by atoms with Gasteiger partial charge in [0.25, 0.3) is 0 Å². The molecule has 1 fully saturated rings. The Kier molecular flexibility index (Phi) is 4.46. The standard InChI is InChI=1S/C10H17NO4S/c1-6(5-9(12)13)16(15)7(2)10(14)11-8-3-4-8/h6-8H,3-5H2,1-2H3,(H,11,14)(H,12,13). The Morgan fingerprint density at radius 2 is 2.00 bits per heavy atom. The summed E-state index contributed by atoms with van der Waals surface area (Å²) in [4.78, 5) is 22.0. The number of carboxylic acids is 1. The lowest BCUT2D eigenvalue weighted by Crippen LogP contribution is -2.39. The Balaban J connectivity index is 2.44. The third-order valence-corrected chi connectivity index (χ3v) is 4.37. The van der Waals surface area contributed by atoms with Crippen LogP contribution in [0.25, 0.3) is 0 Å². The number of aliphatic carboxylic acids is 1. The zero-order valence-corrected chi connectivity index (χ0v) is 10.3. The first-order valence-corrected chi connectivity index (χ1v) is 6.61. The molecule has 0 aromatic carbocycles. The minimum Gasteiger partial charge on any atom is -0.481 e. The van der Waals surface area contributed by atoms with Crippen LogP contribution < -0.4 is 5.32 Å². The molecule has 16 heavy (non-hydrogen) atoms. The first-order chi connectivity index (χ1) is 7.41. The fourth-order valence-corrected chi connectivity index (χ4v) is 2.61. The summed E-state index contributed by atoms with van der Waals surface area (Å²) in [7, 11) is -1.44. The lowest BCUT2D eigenvalue weighted by atomic mass is 10.3. The zero-order chi connectivity index (χ0) is 12.3. The average molecular weight is 247 g/mol. The van der Waals surface area contributed by atoms with E-state index in [1.54, 1.807) is 13.8 Å². The quantitative estimate of drug-likeness (QED) is 0.705. The summed E-state index contributed by atoms with van der Waals surface area (Å²) < 4.78 is 11.8. The normalized spacial score (nSPS) is 20.9. The monoisotopic (exact) mass is 247 g/mol. The van der Waals surface area contributed by atoms with Crippen LogP contribution in [0.2, 0.25) is 0 Å². The highest BCUT2D eigenvalue weighted by atomic mass is 32.2. The molecule has 3 atom stereocenters. The van der Waals surface area contributed by atoms with E-state index in [1.807, 2.05) is 0 Å². The second-order valence-electron chi connectivity index (χ2n) is 4.16. The molecule has 0 heterocycles. The van der Waals surface area contributed by atoms with E-state index in [1.165, 1.54) is 0 Å². The van der Waals surface area contributed by atoms with Crippen molar-refractivity contribution in [2.45, 2.75) is 49.7 Å². The third kappa shape index (κ3) is 3.92. The lowest BCUT2D eigenvalue weighted by Gasteiger charge is -2.15. The van der Waals surface area contributed by atoms with Crippen molar-refractivity contribution in [2.24, 2.45) is 0 Å². The van der Waals surface area contributed by atoms with Crippen LogP contribution in [-0.4, -0.2) is 37.7 Å². The highest BCUT2D eigenvalue weighted by molar-refractivity contribution is 7.87. The molecule has 1 amide bonds. The van der Waals surface area contributed by atoms with Crippen LogP contribution in [0.4, 0.5) is 0 Å². The minimum absolute atomic E-state index is 0.173. The fraction of sp³-hybridized carbons (Fsp3) is 0.800. The molecule has 3 unspecified atom stereocenters. The first-order valence-electron chi connectivity index (χ1n) is 5.33. The van der Waals surface area contributed by atoms with E-state index in [4.69, 9.17) is 5.11 Å². The van der Waals surface area contributed by atoms with Gasteiger partial charge in [0, 0.05) is 22.1 Å². The maximum atomic E-state index is 11.8. The summed E-state index contributed by atoms with van der Waals surface area (Å²) in [6.45, 7) is 3.16. The molecule has 0 aliphatic heterocycles. The van der Waals surface area contributed by atoms with Crippen LogP contribution in [0.3, 0.4) is 0 Å². The van der Waals surface area contributed by atoms with Crippen LogP contribution in [-0.2, 0) is 20.4 Å². The van der Waals surface area contributed by atoms with Crippen LogP contribution in [0.5, 0.6) is 0 Å². The van der Waals surface area contributed by atoms with Crippen molar-refractivity contribution in [1.29, 1.82) is 0 Å². The Labute approximate surface area is 97.1 Å². The lowest BCUT2D eigenvalue weighted by molar-refractivity contribution is -0.137. The van der Waals surface area contributed by atoms with Crippen LogP contribution >= 0.6 is 0 Å². The molecule has 1 aliphatic rings. The molecule has 2 N–H and O–H groups in total. The molecule has 6 heteroatoms. The maximum absolute atomic E-state index is 11.8. The Bertz CT molecular complexity index is 314. The minimum atomic E-state index is -1.44. The van der Waals surface area contributed by atoms with E-state index in [9.17, 15) is 13.8 Å². The largest absolute Gasteiger partial charge is 0.481 e. The molecule has 5 nitrogen and oxygen atoms in total. The summed E-state index contributed by atoms with van der Waals surface area (Å²) in [5.74, 6) is -1.23. The maximum Gasteiger partial charge on any atom is 0.304 e. The van der Waals surface area contributed by atoms with Gasteiger partial charge in [-0.05, 0) is 19.8 Å². The van der Waals surface area contributed by atoms with Gasteiger partial charge in [-0.1, -0.05) is 6.92 Å². The summed E-state index contributed by atoms with van der Waals surface area (Å²) >= 11 is 0. The zero-order valence-electron chi connectivity index (χ0n) is 9.43. The summed E-state index contributed by atoms with van der Waals surface area (Å²) in [6.07, 6.45) is 1.79. The summed E-state index contributed by atoms with van der Waals surface area (Å²) in [5.41, 5.74) is 0. The van der Waals surface area contributed by atoms with Crippen molar-refractivity contribution in [2.75, 3.05) is 0 Å². The topological polar surface area (TPSA) is 83.5 Å². The molecule has 0 aromatic heterocycles. The molecule has 1 aliphatic carbocycles. The van der Waals surface area contributed by atoms with Crippen molar-refractivity contribution in [3.8, 4) is 0 Å². The molecule has 92 valence electrons. The molecule has 1 rings (SSSR count). The van der Waals surface area contributed by atoms with Gasteiger partial charge >= 0.3 is 5.97 Å². The van der Waals surface area contributed by atoms with Crippen molar-refractivity contribution in [1.82, 2.24) is 5.32 Å². The molecule has 0 spiro atoms. The molecular formula is C10H17NO4S. The number of carbonyl (C=O) groups excluding carboxylic acids is 1. The second kappa shape index (κ2) is 5.43. The van der Waals surface area contributed by atoms with E-state index in [0.29, 0.717) is 0 Å². The predicted octanol–water partition coefficient (Wildman–Crippen LogP) is 0.265. The Morgan fingerprint density at radius 3 is 2.44 bits per heavy atom. The van der Waals surface area contributed by atoms with Gasteiger partial charge in [0.15, 0.2) is 0 Å². The number of amides is 1. The number of nitrogens with one attached hydrogen (secondary N) is 1. The van der Waals surface area contributed by atoms with Gasteiger partial charge in [-0.3, -0.25) is 13.8 Å². The molecular weight excluding hydrogens is 230 g/mol. The van der Waals surface area contributed by atoms with Gasteiger partial charge in [-0.25, -0.2) is 0 Å². The van der Waals surface area contributed by atoms with Gasteiger partial charge < -0.3 is 10.4 Å². The molecule has 0 bridgehead atoms. The third-order valence-electron chi connectivity index (χ3n) is 2.50. The SMILES string of the molecule is CC(CC(=O)O)S(=O)C(C)C(=O)NC1CC1. The van der Waals surface area contributed by atoms with Crippen LogP contribution in [0.15, 0.2) is 0 Å².